The number of halogens is 1. The van der Waals surface area contributed by atoms with Gasteiger partial charge in [-0.25, -0.2) is 9.97 Å². The summed E-state index contributed by atoms with van der Waals surface area (Å²) in [4.78, 5) is 8.26. The van der Waals surface area contributed by atoms with Crippen molar-refractivity contribution >= 4 is 11.6 Å². The van der Waals surface area contributed by atoms with Crippen LogP contribution in [0.3, 0.4) is 0 Å². The van der Waals surface area contributed by atoms with Crippen LogP contribution in [0.4, 0.5) is 0 Å². The zero-order valence-electron chi connectivity index (χ0n) is 11.5. The maximum atomic E-state index is 6.54. The Bertz CT molecular complexity index is 615. The molecule has 1 aliphatic rings. The molecule has 1 aliphatic carbocycles. The molecule has 1 aromatic heterocycles. The Labute approximate surface area is 124 Å². The first-order valence-electron chi connectivity index (χ1n) is 6.87. The molecule has 1 heterocycles. The van der Waals surface area contributed by atoms with E-state index in [1.165, 1.54) is 42.3 Å². The molecular formula is C16H17ClN2O. The van der Waals surface area contributed by atoms with Crippen LogP contribution in [0.1, 0.15) is 34.2 Å². The summed E-state index contributed by atoms with van der Waals surface area (Å²) in [5.74, 6) is 0.577. The normalized spacial score (nSPS) is 14.9. The average molecular weight is 289 g/mol. The topological polar surface area (TPSA) is 35.0 Å². The van der Waals surface area contributed by atoms with Gasteiger partial charge in [-0.1, -0.05) is 18.2 Å². The molecule has 2 aromatic rings. The van der Waals surface area contributed by atoms with E-state index in [1.807, 2.05) is 6.07 Å². The number of benzene rings is 1. The van der Waals surface area contributed by atoms with Crippen molar-refractivity contribution in [1.82, 2.24) is 9.97 Å². The maximum Gasteiger partial charge on any atom is 0.216 e. The molecule has 0 bridgehead atoms. The van der Waals surface area contributed by atoms with E-state index in [0.29, 0.717) is 12.3 Å². The molecule has 0 amide bonds. The zero-order chi connectivity index (χ0) is 13.9. The second kappa shape index (κ2) is 5.80. The van der Waals surface area contributed by atoms with Gasteiger partial charge in [0.1, 0.15) is 6.33 Å². The van der Waals surface area contributed by atoms with Crippen LogP contribution < -0.4 is 4.74 Å². The third-order valence-corrected chi connectivity index (χ3v) is 4.19. The number of aromatic nitrogens is 2. The van der Waals surface area contributed by atoms with E-state index >= 15 is 0 Å². The van der Waals surface area contributed by atoms with Crippen LogP contribution in [0, 0.1) is 0 Å². The van der Waals surface area contributed by atoms with Gasteiger partial charge in [-0.2, -0.15) is 0 Å². The van der Waals surface area contributed by atoms with Crippen molar-refractivity contribution in [2.75, 3.05) is 7.11 Å². The summed E-state index contributed by atoms with van der Waals surface area (Å²) < 4.78 is 5.11. The van der Waals surface area contributed by atoms with Gasteiger partial charge in [-0.3, -0.25) is 0 Å². The number of rotatable bonds is 4. The van der Waals surface area contributed by atoms with E-state index in [0.717, 1.165) is 5.69 Å². The fourth-order valence-electron chi connectivity index (χ4n) is 2.69. The predicted octanol–water partition coefficient (Wildman–Crippen LogP) is 3.50. The van der Waals surface area contributed by atoms with Gasteiger partial charge in [0.05, 0.1) is 12.5 Å². The van der Waals surface area contributed by atoms with Gasteiger partial charge in [0.2, 0.25) is 5.88 Å². The molecule has 104 valence electrons. The van der Waals surface area contributed by atoms with Gasteiger partial charge in [-0.15, -0.1) is 11.6 Å². The van der Waals surface area contributed by atoms with Crippen LogP contribution >= 0.6 is 11.6 Å². The summed E-state index contributed by atoms with van der Waals surface area (Å²) in [6.07, 6.45) is 5.83. The summed E-state index contributed by atoms with van der Waals surface area (Å²) in [5.41, 5.74) is 5.00. The second-order valence-electron chi connectivity index (χ2n) is 5.11. The lowest BCUT2D eigenvalue weighted by Crippen LogP contribution is -2.01. The van der Waals surface area contributed by atoms with E-state index < -0.39 is 0 Å². The predicted molar refractivity (Wildman–Crippen MR) is 79.3 cm³/mol. The van der Waals surface area contributed by atoms with Crippen LogP contribution in [0.25, 0.3) is 0 Å². The minimum atomic E-state index is -0.0690. The quantitative estimate of drug-likeness (QED) is 0.808. The van der Waals surface area contributed by atoms with Crippen molar-refractivity contribution < 1.29 is 4.74 Å². The van der Waals surface area contributed by atoms with Crippen molar-refractivity contribution in [2.45, 2.75) is 31.1 Å². The van der Waals surface area contributed by atoms with Crippen molar-refractivity contribution in [3.05, 3.63) is 53.0 Å². The summed E-state index contributed by atoms with van der Waals surface area (Å²) in [6.45, 7) is 0. The van der Waals surface area contributed by atoms with Crippen LogP contribution in [0.5, 0.6) is 5.88 Å². The summed E-state index contributed by atoms with van der Waals surface area (Å²) >= 11 is 6.54. The van der Waals surface area contributed by atoms with Crippen LogP contribution in [-0.2, 0) is 19.3 Å². The van der Waals surface area contributed by atoms with Gasteiger partial charge < -0.3 is 4.74 Å². The number of aryl methyl sites for hydroxylation is 2. The lowest BCUT2D eigenvalue weighted by molar-refractivity contribution is 0.396. The molecule has 0 fully saturated rings. The third kappa shape index (κ3) is 2.78. The highest BCUT2D eigenvalue weighted by Crippen LogP contribution is 2.30. The molecule has 4 heteroatoms. The highest BCUT2D eigenvalue weighted by molar-refractivity contribution is 6.20. The van der Waals surface area contributed by atoms with E-state index in [1.54, 1.807) is 7.11 Å². The maximum absolute atomic E-state index is 6.54. The standard InChI is InChI=1S/C16H17ClN2O/c1-20-16-9-14(18-10-19-16)8-15(17)13-6-5-11-3-2-4-12(11)7-13/h5-7,9-10,15H,2-4,8H2,1H3. The second-order valence-corrected chi connectivity index (χ2v) is 5.63. The molecule has 0 radical (unpaired) electrons. The molecule has 20 heavy (non-hydrogen) atoms. The first kappa shape index (κ1) is 13.4. The lowest BCUT2D eigenvalue weighted by atomic mass is 10.0. The molecular weight excluding hydrogens is 272 g/mol. The minimum Gasteiger partial charge on any atom is -0.481 e. The highest BCUT2D eigenvalue weighted by Gasteiger charge is 2.15. The minimum absolute atomic E-state index is 0.0690. The van der Waals surface area contributed by atoms with E-state index in [4.69, 9.17) is 16.3 Å². The third-order valence-electron chi connectivity index (χ3n) is 3.78. The van der Waals surface area contributed by atoms with Crippen molar-refractivity contribution in [1.29, 1.82) is 0 Å². The molecule has 0 spiro atoms. The molecule has 3 nitrogen and oxygen atoms in total. The summed E-state index contributed by atoms with van der Waals surface area (Å²) in [6, 6.07) is 8.44. The Morgan fingerprint density at radius 1 is 1.20 bits per heavy atom. The molecule has 0 saturated carbocycles. The Hall–Kier alpha value is -1.61. The first-order valence-corrected chi connectivity index (χ1v) is 7.30. The Balaban J connectivity index is 1.77. The number of fused-ring (bicyclic) bond motifs is 1. The average Bonchev–Trinajstić information content (AvgIpc) is 2.94. The fourth-order valence-corrected chi connectivity index (χ4v) is 2.98. The largest absolute Gasteiger partial charge is 0.481 e. The van der Waals surface area contributed by atoms with Gasteiger partial charge in [-0.05, 0) is 36.0 Å². The Morgan fingerprint density at radius 2 is 2.05 bits per heavy atom. The van der Waals surface area contributed by atoms with Crippen LogP contribution in [0.15, 0.2) is 30.6 Å². The fraction of sp³-hybridized carbons (Fsp3) is 0.375. The number of nitrogens with zero attached hydrogens (tertiary/aromatic N) is 2. The number of hydrogen-bond acceptors (Lipinski definition) is 3. The Kier molecular flexibility index (Phi) is 3.88. The van der Waals surface area contributed by atoms with E-state index in [2.05, 4.69) is 28.2 Å². The summed E-state index contributed by atoms with van der Waals surface area (Å²) in [7, 11) is 1.60. The number of hydrogen-bond donors (Lipinski definition) is 0. The van der Waals surface area contributed by atoms with Crippen molar-refractivity contribution in [3.8, 4) is 5.88 Å². The van der Waals surface area contributed by atoms with Gasteiger partial charge in [0.25, 0.3) is 0 Å². The van der Waals surface area contributed by atoms with Crippen molar-refractivity contribution in [2.24, 2.45) is 0 Å². The van der Waals surface area contributed by atoms with Gasteiger partial charge in [0, 0.05) is 18.2 Å². The molecule has 0 saturated heterocycles. The van der Waals surface area contributed by atoms with Crippen molar-refractivity contribution in [3.63, 3.8) is 0 Å². The lowest BCUT2D eigenvalue weighted by Gasteiger charge is -2.11. The van der Waals surface area contributed by atoms with Crippen LogP contribution in [-0.4, -0.2) is 17.1 Å². The Morgan fingerprint density at radius 3 is 2.90 bits per heavy atom. The molecule has 0 N–H and O–H groups in total. The smallest absolute Gasteiger partial charge is 0.216 e. The molecule has 3 rings (SSSR count). The van der Waals surface area contributed by atoms with E-state index in [-0.39, 0.29) is 5.38 Å². The zero-order valence-corrected chi connectivity index (χ0v) is 12.2. The van der Waals surface area contributed by atoms with E-state index in [9.17, 15) is 0 Å². The number of alkyl halides is 1. The highest BCUT2D eigenvalue weighted by atomic mass is 35.5. The van der Waals surface area contributed by atoms with Crippen LogP contribution in [0.2, 0.25) is 0 Å². The number of ether oxygens (including phenoxy) is 1. The first-order chi connectivity index (χ1) is 9.76. The van der Waals surface area contributed by atoms with Gasteiger partial charge in [0.15, 0.2) is 0 Å². The molecule has 1 aromatic carbocycles. The van der Waals surface area contributed by atoms with Gasteiger partial charge >= 0.3 is 0 Å². The SMILES string of the molecule is COc1cc(CC(Cl)c2ccc3c(c2)CCC3)ncn1. The monoisotopic (exact) mass is 288 g/mol. The summed E-state index contributed by atoms with van der Waals surface area (Å²) in [5, 5.41) is -0.0690. The molecule has 1 atom stereocenters. The molecule has 1 unspecified atom stereocenters. The number of methoxy groups -OCH3 is 1. The molecule has 0 aliphatic heterocycles.